The number of aliphatic imine (C=N–C) groups is 1. The molecule has 0 fully saturated rings. The molecule has 0 aliphatic carbocycles. The molecule has 0 aromatic rings. The highest BCUT2D eigenvalue weighted by molar-refractivity contribution is 5.96. The van der Waals surface area contributed by atoms with Crippen molar-refractivity contribution in [2.45, 2.75) is 6.92 Å². The summed E-state index contributed by atoms with van der Waals surface area (Å²) in [6.07, 6.45) is 2.50. The van der Waals surface area contributed by atoms with Crippen LogP contribution in [0.3, 0.4) is 0 Å². The van der Waals surface area contributed by atoms with Crippen molar-refractivity contribution in [3.8, 4) is 12.1 Å². The second kappa shape index (κ2) is 4.55. The Morgan fingerprint density at radius 2 is 2.22 bits per heavy atom. The Labute approximate surface area is 53.6 Å². The number of hydrogen-bond acceptors (Lipinski definition) is 3. The van der Waals surface area contributed by atoms with E-state index in [1.807, 2.05) is 6.07 Å². The zero-order valence-corrected chi connectivity index (χ0v) is 5.00. The standard InChI is InChI=1S/C6H5N3/c1-6(5-8)9-4-2-3-7/h2,4H,1H3/b4-2-,9-6?. The van der Waals surface area contributed by atoms with Gasteiger partial charge in [0.05, 0.1) is 6.07 Å². The summed E-state index contributed by atoms with van der Waals surface area (Å²) in [5.41, 5.74) is 0.349. The number of nitriles is 2. The summed E-state index contributed by atoms with van der Waals surface area (Å²) in [5, 5.41) is 16.1. The first kappa shape index (κ1) is 7.39. The Morgan fingerprint density at radius 1 is 1.56 bits per heavy atom. The van der Waals surface area contributed by atoms with E-state index < -0.39 is 0 Å². The smallest absolute Gasteiger partial charge is 0.115 e. The van der Waals surface area contributed by atoms with E-state index in [-0.39, 0.29) is 0 Å². The molecule has 0 saturated heterocycles. The lowest BCUT2D eigenvalue weighted by molar-refractivity contribution is 1.48. The largest absolute Gasteiger partial charge is 0.250 e. The first-order chi connectivity index (χ1) is 4.31. The van der Waals surface area contributed by atoms with Crippen molar-refractivity contribution < 1.29 is 0 Å². The first-order valence-corrected chi connectivity index (χ1v) is 2.30. The van der Waals surface area contributed by atoms with Crippen LogP contribution in [0.15, 0.2) is 17.3 Å². The lowest BCUT2D eigenvalue weighted by Crippen LogP contribution is -1.79. The average Bonchev–Trinajstić information content (AvgIpc) is 1.89. The van der Waals surface area contributed by atoms with Gasteiger partial charge in [0.15, 0.2) is 0 Å². The van der Waals surface area contributed by atoms with E-state index >= 15 is 0 Å². The van der Waals surface area contributed by atoms with Gasteiger partial charge in [-0.1, -0.05) is 0 Å². The van der Waals surface area contributed by atoms with E-state index in [1.165, 1.54) is 12.3 Å². The van der Waals surface area contributed by atoms with E-state index in [0.717, 1.165) is 0 Å². The number of hydrogen-bond donors (Lipinski definition) is 0. The molecular formula is C6H5N3. The van der Waals surface area contributed by atoms with Crippen molar-refractivity contribution in [1.29, 1.82) is 10.5 Å². The summed E-state index contributed by atoms with van der Waals surface area (Å²) >= 11 is 0. The average molecular weight is 119 g/mol. The normalized spacial score (nSPS) is 10.8. The van der Waals surface area contributed by atoms with Gasteiger partial charge in [-0.25, -0.2) is 4.99 Å². The molecule has 3 nitrogen and oxygen atoms in total. The van der Waals surface area contributed by atoms with Crippen molar-refractivity contribution in [3.05, 3.63) is 12.3 Å². The molecule has 0 saturated carbocycles. The third-order valence-corrected chi connectivity index (χ3v) is 0.579. The van der Waals surface area contributed by atoms with Crippen LogP contribution in [0.4, 0.5) is 0 Å². The molecule has 0 rings (SSSR count). The van der Waals surface area contributed by atoms with Gasteiger partial charge in [-0.05, 0) is 6.92 Å². The Morgan fingerprint density at radius 3 is 2.67 bits per heavy atom. The van der Waals surface area contributed by atoms with Crippen LogP contribution in [-0.4, -0.2) is 5.71 Å². The van der Waals surface area contributed by atoms with Gasteiger partial charge >= 0.3 is 0 Å². The van der Waals surface area contributed by atoms with Gasteiger partial charge in [-0.2, -0.15) is 10.5 Å². The molecule has 0 aliphatic heterocycles. The second-order valence-corrected chi connectivity index (χ2v) is 1.27. The highest BCUT2D eigenvalue weighted by Crippen LogP contribution is 1.76. The molecule has 0 amide bonds. The topological polar surface area (TPSA) is 59.9 Å². The van der Waals surface area contributed by atoms with Crippen LogP contribution in [0.25, 0.3) is 0 Å². The Kier molecular flexibility index (Phi) is 3.73. The molecule has 44 valence electrons. The van der Waals surface area contributed by atoms with Crippen LogP contribution in [-0.2, 0) is 0 Å². The Bertz CT molecular complexity index is 211. The molecule has 0 radical (unpaired) electrons. The van der Waals surface area contributed by atoms with E-state index in [2.05, 4.69) is 4.99 Å². The third kappa shape index (κ3) is 4.24. The van der Waals surface area contributed by atoms with E-state index in [4.69, 9.17) is 10.5 Å². The molecule has 0 unspecified atom stereocenters. The SMILES string of the molecule is CC(C#N)=N/C=C\C#N. The minimum atomic E-state index is 0.349. The van der Waals surface area contributed by atoms with Crippen molar-refractivity contribution in [3.63, 3.8) is 0 Å². The van der Waals surface area contributed by atoms with Crippen LogP contribution in [0.5, 0.6) is 0 Å². The van der Waals surface area contributed by atoms with Crippen LogP contribution < -0.4 is 0 Å². The molecule has 0 heterocycles. The predicted molar refractivity (Wildman–Crippen MR) is 33.5 cm³/mol. The van der Waals surface area contributed by atoms with Gasteiger partial charge in [0.25, 0.3) is 0 Å². The molecule has 9 heavy (non-hydrogen) atoms. The lowest BCUT2D eigenvalue weighted by Gasteiger charge is -1.74. The van der Waals surface area contributed by atoms with Crippen LogP contribution >= 0.6 is 0 Å². The Balaban J connectivity index is 3.91. The lowest BCUT2D eigenvalue weighted by atomic mass is 10.5. The Hall–Kier alpha value is -1.61. The van der Waals surface area contributed by atoms with Crippen molar-refractivity contribution in [1.82, 2.24) is 0 Å². The maximum absolute atomic E-state index is 8.14. The molecule has 0 spiro atoms. The van der Waals surface area contributed by atoms with E-state index in [0.29, 0.717) is 5.71 Å². The van der Waals surface area contributed by atoms with Crippen molar-refractivity contribution in [2.75, 3.05) is 0 Å². The molecule has 3 heteroatoms. The fourth-order valence-corrected chi connectivity index (χ4v) is 0.211. The molecule has 0 aliphatic rings. The minimum absolute atomic E-state index is 0.349. The molecule has 0 aromatic heterocycles. The predicted octanol–water partition coefficient (Wildman–Crippen LogP) is 1.01. The zero-order chi connectivity index (χ0) is 7.11. The van der Waals surface area contributed by atoms with Gasteiger partial charge in [-0.15, -0.1) is 0 Å². The molecule has 0 aromatic carbocycles. The van der Waals surface area contributed by atoms with Crippen LogP contribution in [0.1, 0.15) is 6.92 Å². The van der Waals surface area contributed by atoms with Gasteiger partial charge in [0.1, 0.15) is 11.8 Å². The first-order valence-electron chi connectivity index (χ1n) is 2.30. The number of rotatable bonds is 1. The molecule has 0 N–H and O–H groups in total. The third-order valence-electron chi connectivity index (χ3n) is 0.579. The van der Waals surface area contributed by atoms with Gasteiger partial charge < -0.3 is 0 Å². The quantitative estimate of drug-likeness (QED) is 0.382. The summed E-state index contributed by atoms with van der Waals surface area (Å²) < 4.78 is 0. The minimum Gasteiger partial charge on any atom is -0.250 e. The van der Waals surface area contributed by atoms with Gasteiger partial charge in [0, 0.05) is 12.3 Å². The summed E-state index contributed by atoms with van der Waals surface area (Å²) in [4.78, 5) is 3.58. The maximum Gasteiger partial charge on any atom is 0.115 e. The monoisotopic (exact) mass is 119 g/mol. The maximum atomic E-state index is 8.14. The van der Waals surface area contributed by atoms with Crippen molar-refractivity contribution >= 4 is 5.71 Å². The second-order valence-electron chi connectivity index (χ2n) is 1.27. The zero-order valence-electron chi connectivity index (χ0n) is 5.00. The summed E-state index contributed by atoms with van der Waals surface area (Å²) in [6, 6.07) is 3.56. The van der Waals surface area contributed by atoms with Gasteiger partial charge in [-0.3, -0.25) is 0 Å². The highest BCUT2D eigenvalue weighted by atomic mass is 14.7. The number of nitrogens with zero attached hydrogens (tertiary/aromatic N) is 3. The number of allylic oxidation sites excluding steroid dienone is 1. The van der Waals surface area contributed by atoms with Gasteiger partial charge in [0.2, 0.25) is 0 Å². The molecule has 0 atom stereocenters. The summed E-state index contributed by atoms with van der Waals surface area (Å²) in [5.74, 6) is 0. The fourth-order valence-electron chi connectivity index (χ4n) is 0.211. The van der Waals surface area contributed by atoms with Crippen LogP contribution in [0, 0.1) is 22.7 Å². The highest BCUT2D eigenvalue weighted by Gasteiger charge is 1.77. The molecule has 0 bridgehead atoms. The fraction of sp³-hybridized carbons (Fsp3) is 0.167. The van der Waals surface area contributed by atoms with E-state index in [1.54, 1.807) is 13.0 Å². The van der Waals surface area contributed by atoms with Crippen LogP contribution in [0.2, 0.25) is 0 Å². The molecular weight excluding hydrogens is 114 g/mol. The van der Waals surface area contributed by atoms with E-state index in [9.17, 15) is 0 Å². The summed E-state index contributed by atoms with van der Waals surface area (Å²) in [7, 11) is 0. The summed E-state index contributed by atoms with van der Waals surface area (Å²) in [6.45, 7) is 1.57. The van der Waals surface area contributed by atoms with Crippen molar-refractivity contribution in [2.24, 2.45) is 4.99 Å².